The summed E-state index contributed by atoms with van der Waals surface area (Å²) in [5.41, 5.74) is 3.90. The third kappa shape index (κ3) is 3.93. The summed E-state index contributed by atoms with van der Waals surface area (Å²) < 4.78 is 6.80. The number of amides is 1. The van der Waals surface area contributed by atoms with E-state index in [9.17, 15) is 4.79 Å². The predicted molar refractivity (Wildman–Crippen MR) is 112 cm³/mol. The van der Waals surface area contributed by atoms with Gasteiger partial charge in [0, 0.05) is 45.8 Å². The molecule has 1 N–H and O–H groups in total. The van der Waals surface area contributed by atoms with Crippen LogP contribution < -0.4 is 4.74 Å². The van der Waals surface area contributed by atoms with E-state index in [4.69, 9.17) is 16.3 Å². The van der Waals surface area contributed by atoms with Crippen LogP contribution >= 0.6 is 27.5 Å². The summed E-state index contributed by atoms with van der Waals surface area (Å²) in [6.45, 7) is 2.92. The number of nitrogens with one attached hydrogen (secondary N) is 1. The van der Waals surface area contributed by atoms with Gasteiger partial charge in [-0.05, 0) is 43.3 Å². The molecule has 1 unspecified atom stereocenters. The molecule has 0 saturated carbocycles. The van der Waals surface area contributed by atoms with Gasteiger partial charge in [0.05, 0.1) is 5.69 Å². The molecule has 5 nitrogen and oxygen atoms in total. The Morgan fingerprint density at radius 3 is 2.82 bits per heavy atom. The second-order valence-corrected chi connectivity index (χ2v) is 8.12. The molecule has 1 atom stereocenters. The van der Waals surface area contributed by atoms with Crippen LogP contribution in [0.3, 0.4) is 0 Å². The molecule has 3 aromatic rings. The Morgan fingerprint density at radius 2 is 2.07 bits per heavy atom. The van der Waals surface area contributed by atoms with Gasteiger partial charge in [-0.15, -0.1) is 0 Å². The van der Waals surface area contributed by atoms with E-state index in [1.807, 2.05) is 53.4 Å². The number of nitrogens with zero attached hydrogens (tertiary/aromatic N) is 2. The minimum absolute atomic E-state index is 0.0354. The molecular weight excluding hydrogens is 442 g/mol. The Kier molecular flexibility index (Phi) is 5.42. The summed E-state index contributed by atoms with van der Waals surface area (Å²) in [6, 6.07) is 15.1. The summed E-state index contributed by atoms with van der Waals surface area (Å²) in [5, 5.41) is 8.24. The van der Waals surface area contributed by atoms with Crippen LogP contribution in [0.25, 0.3) is 11.3 Å². The number of carbonyl (C=O) groups is 1. The topological polar surface area (TPSA) is 58.2 Å². The first-order valence-corrected chi connectivity index (χ1v) is 10.2. The summed E-state index contributed by atoms with van der Waals surface area (Å²) in [7, 11) is 0. The molecule has 4 rings (SSSR count). The van der Waals surface area contributed by atoms with Gasteiger partial charge in [0.25, 0.3) is 5.91 Å². The lowest BCUT2D eigenvalue weighted by atomic mass is 10.0. The molecule has 0 saturated heterocycles. The van der Waals surface area contributed by atoms with E-state index in [-0.39, 0.29) is 5.91 Å². The minimum Gasteiger partial charge on any atom is -0.481 e. The van der Waals surface area contributed by atoms with E-state index >= 15 is 0 Å². The first kappa shape index (κ1) is 19.0. The lowest BCUT2D eigenvalue weighted by Crippen LogP contribution is -2.43. The average Bonchev–Trinajstić information content (AvgIpc) is 3.12. The Morgan fingerprint density at radius 1 is 1.29 bits per heavy atom. The number of hydrogen-bond donors (Lipinski definition) is 1. The normalized spacial score (nSPS) is 14.5. The summed E-state index contributed by atoms with van der Waals surface area (Å²) in [6.07, 6.45) is 0.170. The molecule has 7 heteroatoms. The van der Waals surface area contributed by atoms with E-state index in [2.05, 4.69) is 26.1 Å². The number of fused-ring (bicyclic) bond motifs is 1. The molecule has 1 aliphatic heterocycles. The van der Waals surface area contributed by atoms with Crippen molar-refractivity contribution in [3.05, 3.63) is 69.3 Å². The number of halogens is 2. The van der Waals surface area contributed by atoms with Crippen molar-refractivity contribution in [1.82, 2.24) is 15.1 Å². The molecule has 0 fully saturated rings. The summed E-state index contributed by atoms with van der Waals surface area (Å²) in [4.78, 5) is 14.8. The van der Waals surface area contributed by atoms with Crippen LogP contribution in [0.15, 0.2) is 53.0 Å². The Balaban J connectivity index is 1.51. The van der Waals surface area contributed by atoms with Gasteiger partial charge in [-0.25, -0.2) is 0 Å². The molecule has 28 heavy (non-hydrogen) atoms. The maximum Gasteiger partial charge on any atom is 0.263 e. The van der Waals surface area contributed by atoms with Crippen LogP contribution in [0.1, 0.15) is 18.2 Å². The third-order valence-electron chi connectivity index (χ3n) is 4.82. The maximum atomic E-state index is 12.9. The molecule has 0 bridgehead atoms. The van der Waals surface area contributed by atoms with Gasteiger partial charge in [-0.2, -0.15) is 5.10 Å². The van der Waals surface area contributed by atoms with Gasteiger partial charge < -0.3 is 9.64 Å². The van der Waals surface area contributed by atoms with Crippen LogP contribution in [0.2, 0.25) is 5.02 Å². The van der Waals surface area contributed by atoms with Crippen molar-refractivity contribution in [3.63, 3.8) is 0 Å². The highest BCUT2D eigenvalue weighted by molar-refractivity contribution is 9.10. The predicted octanol–water partition coefficient (Wildman–Crippen LogP) is 4.84. The average molecular weight is 461 g/mol. The number of aromatic amines is 1. The lowest BCUT2D eigenvalue weighted by molar-refractivity contribution is -0.138. The van der Waals surface area contributed by atoms with Crippen molar-refractivity contribution in [2.24, 2.45) is 0 Å². The van der Waals surface area contributed by atoms with Gasteiger partial charge in [0.2, 0.25) is 0 Å². The smallest absolute Gasteiger partial charge is 0.263 e. The van der Waals surface area contributed by atoms with Crippen LogP contribution in [-0.2, 0) is 17.8 Å². The number of H-pyrrole nitrogens is 1. The Labute approximate surface area is 176 Å². The molecule has 2 heterocycles. The zero-order chi connectivity index (χ0) is 19.7. The molecule has 0 spiro atoms. The van der Waals surface area contributed by atoms with Crippen LogP contribution in [-0.4, -0.2) is 33.7 Å². The molecule has 1 aromatic heterocycles. The van der Waals surface area contributed by atoms with Gasteiger partial charge >= 0.3 is 0 Å². The molecule has 0 aliphatic carbocycles. The second-order valence-electron chi connectivity index (χ2n) is 6.76. The fourth-order valence-electron chi connectivity index (χ4n) is 3.38. The van der Waals surface area contributed by atoms with Crippen LogP contribution in [0.5, 0.6) is 5.75 Å². The molecule has 2 aromatic carbocycles. The SMILES string of the molecule is CC(Oc1ccc(Br)cc1)C(=O)N1CCc2[nH]nc(-c3cccc(Cl)c3)c2C1. The van der Waals surface area contributed by atoms with Crippen molar-refractivity contribution in [1.29, 1.82) is 0 Å². The Hall–Kier alpha value is -2.31. The monoisotopic (exact) mass is 459 g/mol. The summed E-state index contributed by atoms with van der Waals surface area (Å²) >= 11 is 9.53. The van der Waals surface area contributed by atoms with E-state index in [1.165, 1.54) is 0 Å². The number of carbonyl (C=O) groups excluding carboxylic acids is 1. The van der Waals surface area contributed by atoms with E-state index in [0.717, 1.165) is 33.4 Å². The highest BCUT2D eigenvalue weighted by Gasteiger charge is 2.29. The maximum absolute atomic E-state index is 12.9. The third-order valence-corrected chi connectivity index (χ3v) is 5.58. The zero-order valence-electron chi connectivity index (χ0n) is 15.3. The quantitative estimate of drug-likeness (QED) is 0.606. The first-order valence-electron chi connectivity index (χ1n) is 9.04. The van der Waals surface area contributed by atoms with Crippen molar-refractivity contribution in [2.45, 2.75) is 26.0 Å². The first-order chi connectivity index (χ1) is 13.5. The van der Waals surface area contributed by atoms with E-state index in [0.29, 0.717) is 23.9 Å². The Bertz CT molecular complexity index is 1000. The number of ether oxygens (including phenoxy) is 1. The van der Waals surface area contributed by atoms with Crippen molar-refractivity contribution >= 4 is 33.4 Å². The van der Waals surface area contributed by atoms with Gasteiger partial charge in [0.15, 0.2) is 6.10 Å². The van der Waals surface area contributed by atoms with E-state index in [1.54, 1.807) is 6.92 Å². The fourth-order valence-corrected chi connectivity index (χ4v) is 3.84. The molecule has 0 radical (unpaired) electrons. The zero-order valence-corrected chi connectivity index (χ0v) is 17.6. The van der Waals surface area contributed by atoms with E-state index < -0.39 is 6.10 Å². The van der Waals surface area contributed by atoms with Crippen molar-refractivity contribution in [2.75, 3.05) is 6.54 Å². The second kappa shape index (κ2) is 7.97. The minimum atomic E-state index is -0.566. The number of benzene rings is 2. The number of rotatable bonds is 4. The fraction of sp³-hybridized carbons (Fsp3) is 0.238. The largest absolute Gasteiger partial charge is 0.481 e. The molecule has 1 aliphatic rings. The number of hydrogen-bond acceptors (Lipinski definition) is 3. The summed E-state index contributed by atoms with van der Waals surface area (Å²) in [5.74, 6) is 0.636. The van der Waals surface area contributed by atoms with Gasteiger partial charge in [-0.1, -0.05) is 39.7 Å². The standard InChI is InChI=1S/C21H19BrClN3O2/c1-13(28-17-7-5-15(22)6-8-17)21(27)26-10-9-19-18(12-26)20(25-24-19)14-3-2-4-16(23)11-14/h2-8,11,13H,9-10,12H2,1H3,(H,24,25). The molecule has 1 amide bonds. The molecule has 144 valence electrons. The van der Waals surface area contributed by atoms with Crippen molar-refractivity contribution in [3.8, 4) is 17.0 Å². The molecular formula is C21H19BrClN3O2. The number of aromatic nitrogens is 2. The van der Waals surface area contributed by atoms with Gasteiger partial charge in [0.1, 0.15) is 5.75 Å². The highest BCUT2D eigenvalue weighted by Crippen LogP contribution is 2.30. The lowest BCUT2D eigenvalue weighted by Gasteiger charge is -2.29. The van der Waals surface area contributed by atoms with Crippen LogP contribution in [0.4, 0.5) is 0 Å². The van der Waals surface area contributed by atoms with Gasteiger partial charge in [-0.3, -0.25) is 9.89 Å². The highest BCUT2D eigenvalue weighted by atomic mass is 79.9. The van der Waals surface area contributed by atoms with Crippen molar-refractivity contribution < 1.29 is 9.53 Å². The van der Waals surface area contributed by atoms with Crippen LogP contribution in [0, 0.1) is 0 Å².